The van der Waals surface area contributed by atoms with Crippen LogP contribution in [0.3, 0.4) is 0 Å². The van der Waals surface area contributed by atoms with Crippen LogP contribution in [0.5, 0.6) is 11.5 Å². The molecule has 0 aliphatic rings. The first-order valence-corrected chi connectivity index (χ1v) is 10.2. The topological polar surface area (TPSA) is 93.5 Å². The molecule has 0 spiro atoms. The molecule has 2 rings (SSSR count). The SMILES string of the molecule is CNc1cc(CNCCC(C)C)cc(S(N)(=O)=O)c1Oc1ccccc1. The molecule has 0 radical (unpaired) electrons. The molecule has 0 aliphatic heterocycles. The lowest BCUT2D eigenvalue weighted by Gasteiger charge is -2.17. The largest absolute Gasteiger partial charge is 0.454 e. The normalized spacial score (nSPS) is 11.6. The van der Waals surface area contributed by atoms with E-state index in [0.717, 1.165) is 18.5 Å². The van der Waals surface area contributed by atoms with Crippen LogP contribution in [0.1, 0.15) is 25.8 Å². The van der Waals surface area contributed by atoms with Crippen molar-refractivity contribution in [3.8, 4) is 11.5 Å². The highest BCUT2D eigenvalue weighted by molar-refractivity contribution is 7.89. The van der Waals surface area contributed by atoms with Crippen molar-refractivity contribution in [2.24, 2.45) is 11.1 Å². The molecule has 0 unspecified atom stereocenters. The van der Waals surface area contributed by atoms with Crippen molar-refractivity contribution in [3.63, 3.8) is 0 Å². The quantitative estimate of drug-likeness (QED) is 0.583. The van der Waals surface area contributed by atoms with E-state index >= 15 is 0 Å². The lowest BCUT2D eigenvalue weighted by atomic mass is 10.1. The van der Waals surface area contributed by atoms with E-state index in [2.05, 4.69) is 24.5 Å². The minimum atomic E-state index is -3.95. The lowest BCUT2D eigenvalue weighted by molar-refractivity contribution is 0.469. The molecule has 4 N–H and O–H groups in total. The Morgan fingerprint density at radius 2 is 1.85 bits per heavy atom. The molecule has 0 fully saturated rings. The Bertz CT molecular complexity index is 821. The Kier molecular flexibility index (Phi) is 7.02. The number of ether oxygens (including phenoxy) is 1. The second-order valence-electron chi connectivity index (χ2n) is 6.54. The highest BCUT2D eigenvalue weighted by Gasteiger charge is 2.21. The van der Waals surface area contributed by atoms with Crippen molar-refractivity contribution in [3.05, 3.63) is 48.0 Å². The van der Waals surface area contributed by atoms with Crippen LogP contribution in [0.4, 0.5) is 5.69 Å². The Labute approximate surface area is 155 Å². The number of hydrogen-bond donors (Lipinski definition) is 3. The maximum absolute atomic E-state index is 12.1. The molecule has 0 saturated heterocycles. The zero-order valence-corrected chi connectivity index (χ0v) is 16.3. The van der Waals surface area contributed by atoms with Gasteiger partial charge in [-0.1, -0.05) is 32.0 Å². The van der Waals surface area contributed by atoms with E-state index in [9.17, 15) is 8.42 Å². The summed E-state index contributed by atoms with van der Waals surface area (Å²) in [6.07, 6.45) is 1.05. The monoisotopic (exact) mass is 377 g/mol. The summed E-state index contributed by atoms with van der Waals surface area (Å²) in [6, 6.07) is 12.4. The van der Waals surface area contributed by atoms with Gasteiger partial charge in [0, 0.05) is 13.6 Å². The van der Waals surface area contributed by atoms with Gasteiger partial charge < -0.3 is 15.4 Å². The molecule has 0 heterocycles. The number of primary sulfonamides is 1. The van der Waals surface area contributed by atoms with E-state index < -0.39 is 10.0 Å². The number of para-hydroxylation sites is 1. The number of benzene rings is 2. The van der Waals surface area contributed by atoms with Crippen molar-refractivity contribution in [2.45, 2.75) is 31.7 Å². The molecule has 0 aliphatic carbocycles. The molecule has 6 nitrogen and oxygen atoms in total. The number of rotatable bonds is 9. The smallest absolute Gasteiger partial charge is 0.241 e. The van der Waals surface area contributed by atoms with Crippen molar-refractivity contribution in [1.29, 1.82) is 0 Å². The third-order valence-electron chi connectivity index (χ3n) is 3.88. The Balaban J connectivity index is 2.34. The Hall–Kier alpha value is -2.09. The summed E-state index contributed by atoms with van der Waals surface area (Å²) in [5, 5.41) is 11.8. The maximum Gasteiger partial charge on any atom is 0.241 e. The molecular weight excluding hydrogens is 350 g/mol. The van der Waals surface area contributed by atoms with Crippen LogP contribution in [-0.2, 0) is 16.6 Å². The van der Waals surface area contributed by atoms with E-state index in [-0.39, 0.29) is 10.6 Å². The van der Waals surface area contributed by atoms with Crippen LogP contribution in [0, 0.1) is 5.92 Å². The fraction of sp³-hybridized carbons (Fsp3) is 0.368. The third kappa shape index (κ3) is 5.72. The number of nitrogens with one attached hydrogen (secondary N) is 2. The highest BCUT2D eigenvalue weighted by Crippen LogP contribution is 2.36. The van der Waals surface area contributed by atoms with Gasteiger partial charge >= 0.3 is 0 Å². The molecule has 7 heteroatoms. The van der Waals surface area contributed by atoms with Crippen molar-refractivity contribution >= 4 is 15.7 Å². The molecule has 0 amide bonds. The molecule has 26 heavy (non-hydrogen) atoms. The van der Waals surface area contributed by atoms with Gasteiger partial charge in [-0.2, -0.15) is 0 Å². The minimum Gasteiger partial charge on any atom is -0.454 e. The van der Waals surface area contributed by atoms with Gasteiger partial charge in [-0.15, -0.1) is 0 Å². The third-order valence-corrected chi connectivity index (χ3v) is 4.80. The summed E-state index contributed by atoms with van der Waals surface area (Å²) in [5.74, 6) is 1.35. The number of anilines is 1. The second kappa shape index (κ2) is 9.02. The standard InChI is InChI=1S/C19H27N3O3S/c1-14(2)9-10-22-13-15-11-17(21-3)19(18(12-15)26(20,23)24)25-16-7-5-4-6-8-16/h4-8,11-12,14,21-22H,9-10,13H2,1-3H3,(H2,20,23,24). The fourth-order valence-electron chi connectivity index (χ4n) is 2.49. The van der Waals surface area contributed by atoms with Crippen LogP contribution in [0.25, 0.3) is 0 Å². The predicted molar refractivity (Wildman–Crippen MR) is 105 cm³/mol. The summed E-state index contributed by atoms with van der Waals surface area (Å²) in [6.45, 7) is 5.74. The maximum atomic E-state index is 12.1. The van der Waals surface area contributed by atoms with Crippen LogP contribution in [-0.4, -0.2) is 22.0 Å². The first-order chi connectivity index (χ1) is 12.3. The Morgan fingerprint density at radius 3 is 2.42 bits per heavy atom. The predicted octanol–water partition coefficient (Wildman–Crippen LogP) is 3.30. The first kappa shape index (κ1) is 20.2. The first-order valence-electron chi connectivity index (χ1n) is 8.62. The van der Waals surface area contributed by atoms with Gasteiger partial charge in [0.05, 0.1) is 5.69 Å². The van der Waals surface area contributed by atoms with Gasteiger partial charge in [0.15, 0.2) is 5.75 Å². The molecular formula is C19H27N3O3S. The van der Waals surface area contributed by atoms with Gasteiger partial charge in [0.25, 0.3) is 0 Å². The van der Waals surface area contributed by atoms with Crippen molar-refractivity contribution in [2.75, 3.05) is 18.9 Å². The molecule has 142 valence electrons. The van der Waals surface area contributed by atoms with Gasteiger partial charge in [0.1, 0.15) is 10.6 Å². The van der Waals surface area contributed by atoms with Gasteiger partial charge in [0.2, 0.25) is 10.0 Å². The van der Waals surface area contributed by atoms with Crippen molar-refractivity contribution in [1.82, 2.24) is 5.32 Å². The summed E-state index contributed by atoms with van der Waals surface area (Å²) in [5.41, 5.74) is 1.39. The summed E-state index contributed by atoms with van der Waals surface area (Å²) in [4.78, 5) is -0.0335. The zero-order chi connectivity index (χ0) is 19.2. The Morgan fingerprint density at radius 1 is 1.15 bits per heavy atom. The second-order valence-corrected chi connectivity index (χ2v) is 8.07. The van der Waals surface area contributed by atoms with E-state index in [1.807, 2.05) is 24.3 Å². The molecule has 0 bridgehead atoms. The van der Waals surface area contributed by atoms with E-state index in [1.54, 1.807) is 25.2 Å². The average molecular weight is 378 g/mol. The highest BCUT2D eigenvalue weighted by atomic mass is 32.2. The molecule has 0 aromatic heterocycles. The van der Waals surface area contributed by atoms with Crippen molar-refractivity contribution < 1.29 is 13.2 Å². The molecule has 0 atom stereocenters. The van der Waals surface area contributed by atoms with E-state index in [1.165, 1.54) is 0 Å². The zero-order valence-electron chi connectivity index (χ0n) is 15.5. The fourth-order valence-corrected chi connectivity index (χ4v) is 3.22. The molecule has 0 saturated carbocycles. The number of nitrogens with two attached hydrogens (primary N) is 1. The molecule has 2 aromatic carbocycles. The summed E-state index contributed by atoms with van der Waals surface area (Å²) >= 11 is 0. The minimum absolute atomic E-state index is 0.0335. The molecule has 2 aromatic rings. The van der Waals surface area contributed by atoms with Crippen LogP contribution in [0.15, 0.2) is 47.4 Å². The number of hydrogen-bond acceptors (Lipinski definition) is 5. The van der Waals surface area contributed by atoms with E-state index in [0.29, 0.717) is 23.9 Å². The van der Waals surface area contributed by atoms with Crippen LogP contribution in [0.2, 0.25) is 0 Å². The van der Waals surface area contributed by atoms with Crippen LogP contribution >= 0.6 is 0 Å². The summed E-state index contributed by atoms with van der Waals surface area (Å²) < 4.78 is 30.1. The van der Waals surface area contributed by atoms with Gasteiger partial charge in [-0.05, 0) is 48.7 Å². The lowest BCUT2D eigenvalue weighted by Crippen LogP contribution is -2.18. The average Bonchev–Trinajstić information content (AvgIpc) is 2.59. The van der Waals surface area contributed by atoms with Crippen LogP contribution < -0.4 is 20.5 Å². The van der Waals surface area contributed by atoms with E-state index in [4.69, 9.17) is 9.88 Å². The number of sulfonamides is 1. The van der Waals surface area contributed by atoms with Gasteiger partial charge in [-0.3, -0.25) is 0 Å². The van der Waals surface area contributed by atoms with Gasteiger partial charge in [-0.25, -0.2) is 13.6 Å². The summed E-state index contributed by atoms with van der Waals surface area (Å²) in [7, 11) is -2.23.